The van der Waals surface area contributed by atoms with Crippen LogP contribution in [0.15, 0.2) is 24.5 Å². The van der Waals surface area contributed by atoms with E-state index in [1.165, 1.54) is 6.20 Å². The quantitative estimate of drug-likeness (QED) is 0.588. The molecule has 2 aromatic rings. The Morgan fingerprint density at radius 1 is 1.23 bits per heavy atom. The highest BCUT2D eigenvalue weighted by Crippen LogP contribution is 2.42. The van der Waals surface area contributed by atoms with Crippen molar-refractivity contribution in [2.45, 2.75) is 59.5 Å². The predicted octanol–water partition coefficient (Wildman–Crippen LogP) is 4.73. The summed E-state index contributed by atoms with van der Waals surface area (Å²) in [5, 5.41) is 19.7. The van der Waals surface area contributed by atoms with E-state index >= 15 is 0 Å². The fourth-order valence-corrected chi connectivity index (χ4v) is 3.96. The zero-order valence-corrected chi connectivity index (χ0v) is 18.9. The first-order chi connectivity index (χ1) is 14.7. The van der Waals surface area contributed by atoms with Gasteiger partial charge in [0.05, 0.1) is 17.6 Å². The highest BCUT2D eigenvalue weighted by Gasteiger charge is 2.34. The Kier molecular flexibility index (Phi) is 7.15. The number of aromatic nitrogens is 2. The molecule has 3 rings (SSSR count). The number of unbranched alkanes of at least 4 members (excludes halogenated alkanes) is 1. The van der Waals surface area contributed by atoms with Gasteiger partial charge in [-0.1, -0.05) is 27.2 Å². The Hall–Kier alpha value is -2.67. The molecule has 0 aliphatic carbocycles. The minimum atomic E-state index is -1.10. The van der Waals surface area contributed by atoms with Crippen LogP contribution in [0.2, 0.25) is 0 Å². The number of hydrogen-bond acceptors (Lipinski definition) is 6. The van der Waals surface area contributed by atoms with Gasteiger partial charge in [0.2, 0.25) is 0 Å². The van der Waals surface area contributed by atoms with E-state index in [0.29, 0.717) is 23.6 Å². The maximum atomic E-state index is 12.3. The minimum Gasteiger partial charge on any atom is -0.506 e. The molecule has 7 nitrogen and oxygen atoms in total. The molecule has 1 saturated heterocycles. The SMILES string of the molecule is CCCCO[C@H](C(=O)O)c1c(C)ncc(-c2ccc(O)cn2)c1N1CCC(C)(C)CC1. The fourth-order valence-electron chi connectivity index (χ4n) is 3.96. The van der Waals surface area contributed by atoms with Crippen molar-refractivity contribution in [3.05, 3.63) is 35.8 Å². The van der Waals surface area contributed by atoms with Gasteiger partial charge in [0.15, 0.2) is 6.10 Å². The molecule has 0 amide bonds. The highest BCUT2D eigenvalue weighted by atomic mass is 16.5. The first kappa shape index (κ1) is 23.0. The lowest BCUT2D eigenvalue weighted by Crippen LogP contribution is -2.39. The predicted molar refractivity (Wildman–Crippen MR) is 120 cm³/mol. The van der Waals surface area contributed by atoms with Gasteiger partial charge in [0.1, 0.15) is 5.75 Å². The first-order valence-electron chi connectivity index (χ1n) is 11.0. The topological polar surface area (TPSA) is 95.8 Å². The number of aryl methyl sites for hydroxylation is 1. The molecule has 1 atom stereocenters. The molecule has 7 heteroatoms. The first-order valence-corrected chi connectivity index (χ1v) is 11.0. The summed E-state index contributed by atoms with van der Waals surface area (Å²) in [5.41, 5.74) is 3.71. The third-order valence-corrected chi connectivity index (χ3v) is 6.01. The molecule has 1 aliphatic rings. The van der Waals surface area contributed by atoms with Crippen LogP contribution in [-0.2, 0) is 9.53 Å². The second-order valence-corrected chi connectivity index (χ2v) is 9.02. The number of ether oxygens (including phenoxy) is 1. The van der Waals surface area contributed by atoms with Gasteiger partial charge in [0, 0.05) is 42.7 Å². The van der Waals surface area contributed by atoms with Crippen LogP contribution in [0.5, 0.6) is 5.75 Å². The van der Waals surface area contributed by atoms with Crippen molar-refractivity contribution in [2.24, 2.45) is 5.41 Å². The Morgan fingerprint density at radius 2 is 1.94 bits per heavy atom. The smallest absolute Gasteiger partial charge is 0.337 e. The Labute approximate surface area is 184 Å². The number of pyridine rings is 2. The lowest BCUT2D eigenvalue weighted by molar-refractivity contribution is -0.151. The molecule has 0 radical (unpaired) electrons. The van der Waals surface area contributed by atoms with Crippen molar-refractivity contribution in [1.29, 1.82) is 0 Å². The number of carboxylic acid groups (broad SMARTS) is 1. The molecule has 0 bridgehead atoms. The van der Waals surface area contributed by atoms with Gasteiger partial charge in [-0.05, 0) is 43.7 Å². The summed E-state index contributed by atoms with van der Waals surface area (Å²) in [4.78, 5) is 23.4. The lowest BCUT2D eigenvalue weighted by Gasteiger charge is -2.40. The largest absolute Gasteiger partial charge is 0.506 e. The van der Waals surface area contributed by atoms with Crippen LogP contribution in [-0.4, -0.2) is 45.8 Å². The molecule has 168 valence electrons. The van der Waals surface area contributed by atoms with Crippen molar-refractivity contribution < 1.29 is 19.7 Å². The third-order valence-electron chi connectivity index (χ3n) is 6.01. The van der Waals surface area contributed by atoms with Gasteiger partial charge in [-0.15, -0.1) is 0 Å². The Balaban J connectivity index is 2.15. The van der Waals surface area contributed by atoms with Crippen LogP contribution < -0.4 is 4.90 Å². The van der Waals surface area contributed by atoms with Crippen LogP contribution in [0.25, 0.3) is 11.3 Å². The number of carboxylic acids is 1. The van der Waals surface area contributed by atoms with Gasteiger partial charge in [-0.3, -0.25) is 9.97 Å². The van der Waals surface area contributed by atoms with E-state index in [1.807, 2.05) is 13.8 Å². The summed E-state index contributed by atoms with van der Waals surface area (Å²) in [5.74, 6) is -0.938. The van der Waals surface area contributed by atoms with Crippen LogP contribution in [0.3, 0.4) is 0 Å². The Bertz CT molecular complexity index is 902. The van der Waals surface area contributed by atoms with Crippen LogP contribution in [0, 0.1) is 12.3 Å². The Morgan fingerprint density at radius 3 is 2.52 bits per heavy atom. The van der Waals surface area contributed by atoms with Crippen molar-refractivity contribution in [2.75, 3.05) is 24.6 Å². The molecule has 0 saturated carbocycles. The number of piperidine rings is 1. The molecule has 0 spiro atoms. The maximum Gasteiger partial charge on any atom is 0.337 e. The molecule has 1 aliphatic heterocycles. The van der Waals surface area contributed by atoms with Gasteiger partial charge in [-0.2, -0.15) is 0 Å². The summed E-state index contributed by atoms with van der Waals surface area (Å²) >= 11 is 0. The number of carbonyl (C=O) groups is 1. The van der Waals surface area contributed by atoms with Crippen molar-refractivity contribution >= 4 is 11.7 Å². The average molecular weight is 428 g/mol. The van der Waals surface area contributed by atoms with Crippen molar-refractivity contribution in [3.8, 4) is 17.0 Å². The lowest BCUT2D eigenvalue weighted by atomic mass is 9.82. The zero-order valence-electron chi connectivity index (χ0n) is 18.9. The number of nitrogens with zero attached hydrogens (tertiary/aromatic N) is 3. The maximum absolute atomic E-state index is 12.3. The molecule has 2 N–H and O–H groups in total. The fraction of sp³-hybridized carbons (Fsp3) is 0.542. The van der Waals surface area contributed by atoms with E-state index in [1.54, 1.807) is 18.3 Å². The van der Waals surface area contributed by atoms with E-state index in [9.17, 15) is 15.0 Å². The summed E-state index contributed by atoms with van der Waals surface area (Å²) in [6.07, 6.45) is 5.77. The normalized spacial score (nSPS) is 16.8. The van der Waals surface area contributed by atoms with E-state index in [2.05, 4.69) is 28.7 Å². The van der Waals surface area contributed by atoms with E-state index in [0.717, 1.165) is 50.0 Å². The molecular weight excluding hydrogens is 394 g/mol. The summed E-state index contributed by atoms with van der Waals surface area (Å²) in [6.45, 7) is 10.4. The second-order valence-electron chi connectivity index (χ2n) is 9.02. The van der Waals surface area contributed by atoms with Crippen LogP contribution in [0.1, 0.15) is 63.8 Å². The molecule has 2 aromatic heterocycles. The molecule has 1 fully saturated rings. The number of hydrogen-bond donors (Lipinski definition) is 2. The van der Waals surface area contributed by atoms with Crippen LogP contribution in [0.4, 0.5) is 5.69 Å². The molecule has 3 heterocycles. The van der Waals surface area contributed by atoms with E-state index in [4.69, 9.17) is 4.74 Å². The van der Waals surface area contributed by atoms with E-state index < -0.39 is 12.1 Å². The molecule has 31 heavy (non-hydrogen) atoms. The number of anilines is 1. The van der Waals surface area contributed by atoms with Gasteiger partial charge < -0.3 is 19.8 Å². The van der Waals surface area contributed by atoms with Gasteiger partial charge in [0.25, 0.3) is 0 Å². The number of aliphatic carboxylic acids is 1. The van der Waals surface area contributed by atoms with Crippen LogP contribution >= 0.6 is 0 Å². The van der Waals surface area contributed by atoms with Crippen molar-refractivity contribution in [3.63, 3.8) is 0 Å². The average Bonchev–Trinajstić information content (AvgIpc) is 2.72. The molecule has 0 aromatic carbocycles. The summed E-state index contributed by atoms with van der Waals surface area (Å²) in [7, 11) is 0. The molecular formula is C24H33N3O4. The summed E-state index contributed by atoms with van der Waals surface area (Å²) < 4.78 is 5.87. The zero-order chi connectivity index (χ0) is 22.6. The van der Waals surface area contributed by atoms with E-state index in [-0.39, 0.29) is 11.2 Å². The second kappa shape index (κ2) is 9.64. The minimum absolute atomic E-state index is 0.0802. The summed E-state index contributed by atoms with van der Waals surface area (Å²) in [6, 6.07) is 3.31. The number of aromatic hydroxyl groups is 1. The third kappa shape index (κ3) is 5.34. The standard InChI is InChI=1S/C24H33N3O4/c1-5-6-13-31-22(23(29)30)20-16(2)25-15-18(19-8-7-17(28)14-26-19)21(20)27-11-9-24(3,4)10-12-27/h7-8,14-15,22,28H,5-6,9-13H2,1-4H3,(H,29,30)/t22-/m0/s1. The monoisotopic (exact) mass is 427 g/mol. The number of rotatable bonds is 8. The van der Waals surface area contributed by atoms with Gasteiger partial charge in [-0.25, -0.2) is 4.79 Å². The highest BCUT2D eigenvalue weighted by molar-refractivity contribution is 5.85. The molecule has 0 unspecified atom stereocenters. The van der Waals surface area contributed by atoms with Crippen molar-refractivity contribution in [1.82, 2.24) is 9.97 Å². The van der Waals surface area contributed by atoms with Gasteiger partial charge >= 0.3 is 5.97 Å².